The van der Waals surface area contributed by atoms with E-state index < -0.39 is 36.4 Å². The Hall–Kier alpha value is -2.69. The van der Waals surface area contributed by atoms with Crippen LogP contribution in [-0.2, 0) is 14.3 Å². The molecule has 3 rings (SSSR count). The molecule has 2 amide bonds. The van der Waals surface area contributed by atoms with Crippen molar-refractivity contribution in [3.05, 3.63) is 60.7 Å². The molecule has 0 saturated carbocycles. The first-order valence-corrected chi connectivity index (χ1v) is 13.1. The van der Waals surface area contributed by atoms with Crippen LogP contribution < -0.4 is 10.2 Å². The number of carbonyl (C=O) groups excluding carboxylic acids is 2. The molecule has 4 N–H and O–H groups in total. The summed E-state index contributed by atoms with van der Waals surface area (Å²) in [5, 5.41) is 34.0. The third-order valence-corrected chi connectivity index (χ3v) is 7.31. The molecule has 2 aromatic carbocycles. The van der Waals surface area contributed by atoms with Crippen LogP contribution in [-0.4, -0.2) is 77.5 Å². The van der Waals surface area contributed by atoms with E-state index in [2.05, 4.69) is 5.32 Å². The van der Waals surface area contributed by atoms with E-state index >= 15 is 0 Å². The van der Waals surface area contributed by atoms with E-state index in [0.29, 0.717) is 0 Å². The Labute approximate surface area is 222 Å². The normalized spacial score (nSPS) is 19.6. The number of likely N-dealkylation sites (N-methyl/N-ethyl adjacent to an activating group) is 1. The second kappa shape index (κ2) is 12.2. The first-order chi connectivity index (χ1) is 17.4. The minimum atomic E-state index is -1.72. The highest BCUT2D eigenvalue weighted by Gasteiger charge is 2.38. The van der Waals surface area contributed by atoms with Crippen LogP contribution in [0.15, 0.2) is 65.6 Å². The molecule has 2 aromatic rings. The lowest BCUT2D eigenvalue weighted by Crippen LogP contribution is -2.56. The molecule has 1 aliphatic heterocycles. The number of fused-ring (bicyclic) bond motifs is 1. The topological polar surface area (TPSA) is 119 Å². The number of carbonyl (C=O) groups is 2. The molecular formula is C28H36N2O6S. The van der Waals surface area contributed by atoms with Gasteiger partial charge in [0.1, 0.15) is 24.4 Å². The fourth-order valence-corrected chi connectivity index (χ4v) is 5.27. The van der Waals surface area contributed by atoms with Gasteiger partial charge in [0.25, 0.3) is 5.91 Å². The molecule has 0 spiro atoms. The first kappa shape index (κ1) is 28.9. The number of ether oxygens (including phenoxy) is 1. The van der Waals surface area contributed by atoms with Gasteiger partial charge in [-0.15, -0.1) is 11.8 Å². The summed E-state index contributed by atoms with van der Waals surface area (Å²) in [5.74, 6) is -0.817. The number of anilines is 1. The Bertz CT molecular complexity index is 1120. The van der Waals surface area contributed by atoms with Gasteiger partial charge in [-0.2, -0.15) is 0 Å². The molecular weight excluding hydrogens is 492 g/mol. The van der Waals surface area contributed by atoms with Gasteiger partial charge in [-0.05, 0) is 22.6 Å². The van der Waals surface area contributed by atoms with Gasteiger partial charge < -0.3 is 30.3 Å². The van der Waals surface area contributed by atoms with Crippen LogP contribution in [0.5, 0.6) is 0 Å². The van der Waals surface area contributed by atoms with E-state index in [1.165, 1.54) is 29.8 Å². The van der Waals surface area contributed by atoms with Crippen LogP contribution in [0.4, 0.5) is 5.69 Å². The first-order valence-electron chi connectivity index (χ1n) is 12.1. The lowest BCUT2D eigenvalue weighted by atomic mass is 9.94. The highest BCUT2D eigenvalue weighted by atomic mass is 32.2. The average molecular weight is 529 g/mol. The zero-order valence-electron chi connectivity index (χ0n) is 21.8. The number of aliphatic hydroxyl groups is 3. The van der Waals surface area contributed by atoms with E-state index in [-0.39, 0.29) is 17.1 Å². The van der Waals surface area contributed by atoms with Crippen molar-refractivity contribution in [1.29, 1.82) is 0 Å². The van der Waals surface area contributed by atoms with Crippen LogP contribution in [0.2, 0.25) is 0 Å². The highest BCUT2D eigenvalue weighted by Crippen LogP contribution is 2.41. The average Bonchev–Trinajstić information content (AvgIpc) is 2.99. The van der Waals surface area contributed by atoms with Gasteiger partial charge in [0.05, 0.1) is 5.69 Å². The van der Waals surface area contributed by atoms with Gasteiger partial charge in [0, 0.05) is 24.8 Å². The molecule has 8 nitrogen and oxygen atoms in total. The molecule has 9 heteroatoms. The zero-order valence-corrected chi connectivity index (χ0v) is 22.6. The zero-order chi connectivity index (χ0) is 27.3. The molecule has 1 aliphatic rings. The predicted octanol–water partition coefficient (Wildman–Crippen LogP) is 2.61. The molecule has 0 radical (unpaired) electrons. The summed E-state index contributed by atoms with van der Waals surface area (Å²) in [6, 6.07) is 14.7. The predicted molar refractivity (Wildman–Crippen MR) is 145 cm³/mol. The Kier molecular flexibility index (Phi) is 9.55. The SMILES string of the molecule is CO[C@@H](C(=O)NC1CSc2c(-c3ccccc3)cccc2N(C)C1=O)[C@H](O)[C@@H](O)[C@H](O)C=CC(C)(C)C. The molecule has 5 atom stereocenters. The van der Waals surface area contributed by atoms with Gasteiger partial charge in [0.2, 0.25) is 5.91 Å². The number of rotatable bonds is 8. The summed E-state index contributed by atoms with van der Waals surface area (Å²) in [7, 11) is 2.88. The molecule has 0 aromatic heterocycles. The Morgan fingerprint density at radius 3 is 2.41 bits per heavy atom. The Morgan fingerprint density at radius 1 is 1.11 bits per heavy atom. The van der Waals surface area contributed by atoms with Crippen molar-refractivity contribution in [3.63, 3.8) is 0 Å². The number of nitrogens with one attached hydrogen (secondary N) is 1. The number of thioether (sulfide) groups is 1. The van der Waals surface area contributed by atoms with E-state index in [1.54, 1.807) is 13.1 Å². The summed E-state index contributed by atoms with van der Waals surface area (Å²) in [6.45, 7) is 5.76. The van der Waals surface area contributed by atoms with Crippen molar-refractivity contribution in [2.75, 3.05) is 24.8 Å². The van der Waals surface area contributed by atoms with Crippen molar-refractivity contribution in [3.8, 4) is 11.1 Å². The third-order valence-electron chi connectivity index (χ3n) is 6.10. The van der Waals surface area contributed by atoms with Gasteiger partial charge >= 0.3 is 0 Å². The number of aliphatic hydroxyl groups excluding tert-OH is 3. The second-order valence-corrected chi connectivity index (χ2v) is 11.2. The number of hydrogen-bond donors (Lipinski definition) is 4. The summed E-state index contributed by atoms with van der Waals surface area (Å²) in [4.78, 5) is 28.8. The van der Waals surface area contributed by atoms with E-state index in [9.17, 15) is 24.9 Å². The number of hydrogen-bond acceptors (Lipinski definition) is 7. The van der Waals surface area contributed by atoms with Crippen molar-refractivity contribution in [2.45, 2.75) is 56.1 Å². The number of methoxy groups -OCH3 is 1. The Balaban J connectivity index is 1.76. The van der Waals surface area contributed by atoms with Crippen LogP contribution in [0.1, 0.15) is 20.8 Å². The van der Waals surface area contributed by atoms with Crippen LogP contribution >= 0.6 is 11.8 Å². The van der Waals surface area contributed by atoms with E-state index in [0.717, 1.165) is 21.7 Å². The van der Waals surface area contributed by atoms with Gasteiger partial charge in [-0.25, -0.2) is 0 Å². The third kappa shape index (κ3) is 7.00. The lowest BCUT2D eigenvalue weighted by molar-refractivity contribution is -0.150. The largest absolute Gasteiger partial charge is 0.387 e. The lowest BCUT2D eigenvalue weighted by Gasteiger charge is -2.29. The molecule has 0 fully saturated rings. The standard InChI is InChI=1S/C28H36N2O6S/c1-28(2,3)15-14-21(31)22(32)23(33)24(36-5)26(34)29-19-16-37-25-18(17-10-7-6-8-11-17)12-9-13-20(25)30(4)27(19)35/h6-15,19,21-24,31-33H,16H2,1-5H3,(H,29,34)/t19?,21-,22+,23-,24-/m1/s1. The maximum Gasteiger partial charge on any atom is 0.252 e. The van der Waals surface area contributed by atoms with Crippen molar-refractivity contribution in [2.24, 2.45) is 5.41 Å². The van der Waals surface area contributed by atoms with Crippen LogP contribution in [0.3, 0.4) is 0 Å². The quantitative estimate of drug-likeness (QED) is 0.389. The monoisotopic (exact) mass is 528 g/mol. The fourth-order valence-electron chi connectivity index (χ4n) is 4.02. The molecule has 0 bridgehead atoms. The minimum Gasteiger partial charge on any atom is -0.387 e. The molecule has 200 valence electrons. The summed E-state index contributed by atoms with van der Waals surface area (Å²) >= 11 is 1.46. The minimum absolute atomic E-state index is 0.245. The van der Waals surface area contributed by atoms with Crippen molar-refractivity contribution in [1.82, 2.24) is 5.32 Å². The summed E-state index contributed by atoms with van der Waals surface area (Å²) in [6.07, 6.45) is -3.23. The second-order valence-electron chi connectivity index (χ2n) is 10.1. The number of allylic oxidation sites excluding steroid dienone is 1. The van der Waals surface area contributed by atoms with Crippen molar-refractivity contribution >= 4 is 29.3 Å². The fraction of sp³-hybridized carbons (Fsp3) is 0.429. The van der Waals surface area contributed by atoms with Gasteiger partial charge in [-0.1, -0.05) is 75.4 Å². The number of nitrogens with zero attached hydrogens (tertiary/aromatic N) is 1. The van der Waals surface area contributed by atoms with Crippen LogP contribution in [0.25, 0.3) is 11.1 Å². The van der Waals surface area contributed by atoms with Gasteiger partial charge in [-0.3, -0.25) is 9.59 Å². The number of benzene rings is 2. The number of amides is 2. The molecule has 0 saturated heterocycles. The molecule has 1 heterocycles. The van der Waals surface area contributed by atoms with Crippen molar-refractivity contribution < 1.29 is 29.6 Å². The van der Waals surface area contributed by atoms with Gasteiger partial charge in [0.15, 0.2) is 6.10 Å². The smallest absolute Gasteiger partial charge is 0.252 e. The van der Waals surface area contributed by atoms with Crippen LogP contribution in [0, 0.1) is 5.41 Å². The van der Waals surface area contributed by atoms with E-state index in [1.807, 2.05) is 69.3 Å². The Morgan fingerprint density at radius 2 is 1.78 bits per heavy atom. The maximum absolute atomic E-state index is 13.3. The summed E-state index contributed by atoms with van der Waals surface area (Å²) in [5.41, 5.74) is 2.50. The highest BCUT2D eigenvalue weighted by molar-refractivity contribution is 7.99. The summed E-state index contributed by atoms with van der Waals surface area (Å²) < 4.78 is 5.18. The van der Waals surface area contributed by atoms with E-state index in [4.69, 9.17) is 4.74 Å². The maximum atomic E-state index is 13.3. The molecule has 1 unspecified atom stereocenters. The molecule has 37 heavy (non-hydrogen) atoms. The molecule has 0 aliphatic carbocycles.